The summed E-state index contributed by atoms with van der Waals surface area (Å²) in [6, 6.07) is 19.7. The number of nitrogens with zero attached hydrogens (tertiary/aromatic N) is 1. The van der Waals surface area contributed by atoms with Gasteiger partial charge in [0.25, 0.3) is 5.91 Å². The molecule has 8 heteroatoms. The van der Waals surface area contributed by atoms with Crippen molar-refractivity contribution in [3.8, 4) is 16.9 Å². The Bertz CT molecular complexity index is 1140. The van der Waals surface area contributed by atoms with Crippen LogP contribution >= 0.6 is 0 Å². The maximum absolute atomic E-state index is 14.7. The average molecular weight is 501 g/mol. The third kappa shape index (κ3) is 7.31. The van der Waals surface area contributed by atoms with Crippen LogP contribution in [0.5, 0.6) is 5.75 Å². The monoisotopic (exact) mass is 500 g/mol. The van der Waals surface area contributed by atoms with Gasteiger partial charge in [-0.2, -0.15) is 0 Å². The highest BCUT2D eigenvalue weighted by Crippen LogP contribution is 2.28. The van der Waals surface area contributed by atoms with Crippen molar-refractivity contribution in [2.75, 3.05) is 19.6 Å². The number of carbonyl (C=O) groups excluding carboxylic acids is 1. The van der Waals surface area contributed by atoms with Crippen molar-refractivity contribution in [2.24, 2.45) is 5.92 Å². The van der Waals surface area contributed by atoms with Crippen LogP contribution < -0.4 is 10.1 Å². The minimum Gasteiger partial charge on any atom is -0.406 e. The van der Waals surface area contributed by atoms with E-state index in [-0.39, 0.29) is 11.3 Å². The van der Waals surface area contributed by atoms with Crippen LogP contribution in [0.1, 0.15) is 35.2 Å². The Kier molecular flexibility index (Phi) is 8.25. The van der Waals surface area contributed by atoms with Crippen molar-refractivity contribution in [2.45, 2.75) is 32.2 Å². The molecule has 3 aromatic rings. The minimum atomic E-state index is -4.78. The molecule has 3 aromatic carbocycles. The first-order valence-corrected chi connectivity index (χ1v) is 12.0. The lowest BCUT2D eigenvalue weighted by Crippen LogP contribution is -2.35. The maximum Gasteiger partial charge on any atom is 0.573 e. The molecule has 0 saturated carbocycles. The lowest BCUT2D eigenvalue weighted by molar-refractivity contribution is -0.274. The van der Waals surface area contributed by atoms with Gasteiger partial charge < -0.3 is 10.1 Å². The molecule has 0 bridgehead atoms. The van der Waals surface area contributed by atoms with E-state index in [0.717, 1.165) is 51.0 Å². The van der Waals surface area contributed by atoms with E-state index >= 15 is 0 Å². The highest BCUT2D eigenvalue weighted by Gasteiger charge is 2.31. The largest absolute Gasteiger partial charge is 0.573 e. The van der Waals surface area contributed by atoms with Gasteiger partial charge in [-0.3, -0.25) is 9.69 Å². The first kappa shape index (κ1) is 25.7. The van der Waals surface area contributed by atoms with Gasteiger partial charge >= 0.3 is 6.36 Å². The van der Waals surface area contributed by atoms with Crippen molar-refractivity contribution >= 4 is 5.91 Å². The summed E-state index contributed by atoms with van der Waals surface area (Å²) in [5.41, 5.74) is 2.20. The summed E-state index contributed by atoms with van der Waals surface area (Å²) < 4.78 is 55.4. The van der Waals surface area contributed by atoms with Gasteiger partial charge in [0.2, 0.25) is 0 Å². The standard InChI is InChI=1S/C28H28F4N2O2/c29-26-18-23(22-6-9-24(10-7-22)36-28(30,31)32)8-11-25(26)27(35)33-15-12-20-13-16-34(17-14-20)19-21-4-2-1-3-5-21/h1-11,18,20H,12-17,19H2,(H,33,35). The fourth-order valence-corrected chi connectivity index (χ4v) is 4.49. The zero-order valence-electron chi connectivity index (χ0n) is 19.7. The van der Waals surface area contributed by atoms with Gasteiger partial charge in [0.1, 0.15) is 11.6 Å². The van der Waals surface area contributed by atoms with Crippen molar-refractivity contribution in [1.82, 2.24) is 10.2 Å². The predicted octanol–water partition coefficient (Wildman–Crippen LogP) is 6.42. The summed E-state index contributed by atoms with van der Waals surface area (Å²) in [7, 11) is 0. The zero-order valence-corrected chi connectivity index (χ0v) is 19.7. The Balaban J connectivity index is 1.23. The van der Waals surface area contributed by atoms with Gasteiger partial charge in [-0.1, -0.05) is 48.5 Å². The Morgan fingerprint density at radius 2 is 1.61 bits per heavy atom. The second kappa shape index (κ2) is 11.6. The molecule has 0 aromatic heterocycles. The molecule has 1 fully saturated rings. The van der Waals surface area contributed by atoms with Gasteiger partial charge in [-0.15, -0.1) is 13.2 Å². The van der Waals surface area contributed by atoms with Crippen LogP contribution in [0.3, 0.4) is 0 Å². The molecule has 36 heavy (non-hydrogen) atoms. The van der Waals surface area contributed by atoms with Gasteiger partial charge in [0.05, 0.1) is 5.56 Å². The van der Waals surface area contributed by atoms with E-state index in [0.29, 0.717) is 23.6 Å². The molecule has 0 spiro atoms. The molecule has 0 atom stereocenters. The molecule has 0 radical (unpaired) electrons. The fraction of sp³-hybridized carbons (Fsp3) is 0.321. The lowest BCUT2D eigenvalue weighted by atomic mass is 9.93. The quantitative estimate of drug-likeness (QED) is 0.363. The molecule has 1 amide bonds. The number of ether oxygens (including phenoxy) is 1. The van der Waals surface area contributed by atoms with E-state index in [1.165, 1.54) is 29.8 Å². The molecule has 1 aliphatic heterocycles. The number of benzene rings is 3. The van der Waals surface area contributed by atoms with Crippen molar-refractivity contribution < 1.29 is 27.1 Å². The van der Waals surface area contributed by atoms with Gasteiger partial charge in [0, 0.05) is 13.1 Å². The minimum absolute atomic E-state index is 0.0616. The first-order chi connectivity index (χ1) is 17.3. The van der Waals surface area contributed by atoms with Crippen LogP contribution in [-0.2, 0) is 6.54 Å². The third-order valence-electron chi connectivity index (χ3n) is 6.43. The second-order valence-corrected chi connectivity index (χ2v) is 9.02. The number of nitrogens with one attached hydrogen (secondary N) is 1. The van der Waals surface area contributed by atoms with Gasteiger partial charge in [0.15, 0.2) is 0 Å². The summed E-state index contributed by atoms with van der Waals surface area (Å²) in [4.78, 5) is 14.9. The fourth-order valence-electron chi connectivity index (χ4n) is 4.49. The molecule has 1 aliphatic rings. The molecule has 190 valence electrons. The van der Waals surface area contributed by atoms with E-state index in [1.807, 2.05) is 6.07 Å². The van der Waals surface area contributed by atoms with Crippen LogP contribution in [0, 0.1) is 11.7 Å². The number of piperidine rings is 1. The molecule has 1 saturated heterocycles. The summed E-state index contributed by atoms with van der Waals surface area (Å²) >= 11 is 0. The molecule has 0 unspecified atom stereocenters. The smallest absolute Gasteiger partial charge is 0.406 e. The van der Waals surface area contributed by atoms with Crippen LogP contribution in [0.2, 0.25) is 0 Å². The number of alkyl halides is 3. The summed E-state index contributed by atoms with van der Waals surface area (Å²) in [5.74, 6) is -0.997. The molecular weight excluding hydrogens is 472 g/mol. The van der Waals surface area contributed by atoms with E-state index in [4.69, 9.17) is 0 Å². The van der Waals surface area contributed by atoms with E-state index in [1.54, 1.807) is 6.07 Å². The molecule has 0 aliphatic carbocycles. The van der Waals surface area contributed by atoms with Gasteiger partial charge in [-0.25, -0.2) is 4.39 Å². The highest BCUT2D eigenvalue weighted by atomic mass is 19.4. The maximum atomic E-state index is 14.7. The SMILES string of the molecule is O=C(NCCC1CCN(Cc2ccccc2)CC1)c1ccc(-c2ccc(OC(F)(F)F)cc2)cc1F. The average Bonchev–Trinajstić information content (AvgIpc) is 2.85. The van der Waals surface area contributed by atoms with E-state index in [2.05, 4.69) is 39.2 Å². The van der Waals surface area contributed by atoms with Crippen LogP contribution in [0.15, 0.2) is 72.8 Å². The van der Waals surface area contributed by atoms with Gasteiger partial charge in [-0.05, 0) is 79.2 Å². The summed E-state index contributed by atoms with van der Waals surface area (Å²) in [6.07, 6.45) is -1.80. The molecule has 1 N–H and O–H groups in total. The van der Waals surface area contributed by atoms with E-state index in [9.17, 15) is 22.4 Å². The summed E-state index contributed by atoms with van der Waals surface area (Å²) in [6.45, 7) is 3.47. The Labute approximate surface area is 207 Å². The van der Waals surface area contributed by atoms with Crippen molar-refractivity contribution in [3.63, 3.8) is 0 Å². The molecule has 1 heterocycles. The second-order valence-electron chi connectivity index (χ2n) is 9.02. The number of halogens is 4. The molecular formula is C28H28F4N2O2. The number of likely N-dealkylation sites (tertiary alicyclic amines) is 1. The zero-order chi connectivity index (χ0) is 25.5. The third-order valence-corrected chi connectivity index (χ3v) is 6.43. The lowest BCUT2D eigenvalue weighted by Gasteiger charge is -2.32. The van der Waals surface area contributed by atoms with Crippen molar-refractivity contribution in [1.29, 1.82) is 0 Å². The Hall–Kier alpha value is -3.39. The molecule has 4 rings (SSSR count). The Morgan fingerprint density at radius 3 is 2.25 bits per heavy atom. The number of hydrogen-bond donors (Lipinski definition) is 1. The highest BCUT2D eigenvalue weighted by molar-refractivity contribution is 5.95. The van der Waals surface area contributed by atoms with Crippen LogP contribution in [0.4, 0.5) is 17.6 Å². The van der Waals surface area contributed by atoms with E-state index < -0.39 is 18.1 Å². The van der Waals surface area contributed by atoms with Crippen LogP contribution in [-0.4, -0.2) is 36.8 Å². The number of rotatable bonds is 8. The van der Waals surface area contributed by atoms with Crippen molar-refractivity contribution in [3.05, 3.63) is 89.7 Å². The topological polar surface area (TPSA) is 41.6 Å². The number of hydrogen-bond acceptors (Lipinski definition) is 3. The van der Waals surface area contributed by atoms with Crippen LogP contribution in [0.25, 0.3) is 11.1 Å². The normalized spacial score (nSPS) is 15.0. The predicted molar refractivity (Wildman–Crippen MR) is 130 cm³/mol. The Morgan fingerprint density at radius 1 is 0.944 bits per heavy atom. The first-order valence-electron chi connectivity index (χ1n) is 12.0. The summed E-state index contributed by atoms with van der Waals surface area (Å²) in [5, 5.41) is 2.81. The molecule has 4 nitrogen and oxygen atoms in total. The number of carbonyl (C=O) groups is 1. The number of amides is 1.